The molecule has 0 saturated carbocycles. The topological polar surface area (TPSA) is 433 Å². The molecule has 0 aromatic carbocycles. The van der Waals surface area contributed by atoms with E-state index in [2.05, 4.69) is 51.9 Å². The molecule has 2 rings (SSSR count). The number of primary amides is 1. The van der Waals surface area contributed by atoms with Crippen molar-refractivity contribution in [2.75, 3.05) is 19.7 Å². The van der Waals surface area contributed by atoms with Gasteiger partial charge in [-0.15, -0.1) is 0 Å². The van der Waals surface area contributed by atoms with E-state index in [0.717, 1.165) is 4.90 Å². The highest BCUT2D eigenvalue weighted by molar-refractivity contribution is 6.10. The predicted octanol–water partition coefficient (Wildman–Crippen LogP) is -3.65. The average molecular weight is 989 g/mol. The third-order valence-corrected chi connectivity index (χ3v) is 11.9. The molecular weight excluding hydrogens is 913 g/mol. The first-order valence-corrected chi connectivity index (χ1v) is 23.6. The molecule has 9 amide bonds. The molecule has 1 fully saturated rings. The fourth-order valence-electron chi connectivity index (χ4n) is 7.49. The van der Waals surface area contributed by atoms with Gasteiger partial charge in [0.2, 0.25) is 47.3 Å². The lowest BCUT2D eigenvalue weighted by Crippen LogP contribution is -2.61. The van der Waals surface area contributed by atoms with E-state index in [9.17, 15) is 48.3 Å². The number of guanidine groups is 2. The molecule has 1 aliphatic rings. The highest BCUT2D eigenvalue weighted by Crippen LogP contribution is 2.24. The molecule has 1 aromatic heterocycles. The summed E-state index contributed by atoms with van der Waals surface area (Å²) in [5, 5.41) is 25.6. The minimum Gasteiger partial charge on any atom is -0.394 e. The number of hydrogen-bond acceptors (Lipinski definition) is 13. The lowest BCUT2D eigenvalue weighted by atomic mass is 9.93. The highest BCUT2D eigenvalue weighted by atomic mass is 16.3. The fourth-order valence-corrected chi connectivity index (χ4v) is 7.49. The van der Waals surface area contributed by atoms with Gasteiger partial charge in [0, 0.05) is 37.3 Å². The number of aliphatic hydroxyl groups is 1. The number of carbonyl (C=O) groups is 9. The zero-order chi connectivity index (χ0) is 52.8. The summed E-state index contributed by atoms with van der Waals surface area (Å²) >= 11 is 0. The minimum absolute atomic E-state index is 0.00534. The van der Waals surface area contributed by atoms with Crippen molar-refractivity contribution in [3.8, 4) is 0 Å². The van der Waals surface area contributed by atoms with E-state index in [1.807, 2.05) is 0 Å². The normalized spacial score (nSPS) is 17.3. The molecule has 392 valence electrons. The SMILES string of the molecule is CC[C@H](C)[C@H](NC(=O)[C@H]([C@@H](C)CC)N1C(=O)C[C@H](NC(=O)[C@H](CCCN=C(N)N)NC(=O)[C@H](CC(C)C)NC(=O)[C@H](CO)NC(=O)[C@@H](C)CCCN=C(N)N)C1=O)C(=O)N[C@@H](Cc1cnc[nH]1)C(N)=O. The van der Waals surface area contributed by atoms with Gasteiger partial charge in [-0.1, -0.05) is 61.3 Å². The van der Waals surface area contributed by atoms with Gasteiger partial charge in [0.1, 0.15) is 42.3 Å². The number of H-pyrrole nitrogens is 1. The van der Waals surface area contributed by atoms with Crippen LogP contribution in [0.25, 0.3) is 0 Å². The number of imide groups is 1. The van der Waals surface area contributed by atoms with Crippen LogP contribution >= 0.6 is 0 Å². The second kappa shape index (κ2) is 29.2. The molecule has 0 aliphatic carbocycles. The molecule has 0 bridgehead atoms. The fraction of sp³-hybridized carbons (Fsp3) is 0.682. The van der Waals surface area contributed by atoms with Crippen LogP contribution in [0.4, 0.5) is 0 Å². The van der Waals surface area contributed by atoms with Gasteiger partial charge in [-0.25, -0.2) is 4.98 Å². The van der Waals surface area contributed by atoms with Crippen molar-refractivity contribution in [2.24, 2.45) is 62.3 Å². The molecule has 1 aliphatic heterocycles. The molecule has 1 saturated heterocycles. The van der Waals surface area contributed by atoms with Crippen LogP contribution in [-0.2, 0) is 49.6 Å². The van der Waals surface area contributed by atoms with E-state index in [1.54, 1.807) is 48.5 Å². The van der Waals surface area contributed by atoms with Crippen LogP contribution in [-0.4, -0.2) is 147 Å². The maximum atomic E-state index is 14.2. The number of nitrogens with two attached hydrogens (primary N) is 5. The third-order valence-electron chi connectivity index (χ3n) is 11.9. The Morgan fingerprint density at radius 2 is 1.29 bits per heavy atom. The number of imidazole rings is 1. The van der Waals surface area contributed by atoms with Crippen LogP contribution in [0.2, 0.25) is 0 Å². The summed E-state index contributed by atoms with van der Waals surface area (Å²) < 4.78 is 0. The Kier molecular flexibility index (Phi) is 24.7. The predicted molar refractivity (Wildman–Crippen MR) is 258 cm³/mol. The number of amides is 9. The number of nitrogens with zero attached hydrogens (tertiary/aromatic N) is 4. The highest BCUT2D eigenvalue weighted by Gasteiger charge is 2.48. The van der Waals surface area contributed by atoms with Crippen LogP contribution < -0.4 is 60.6 Å². The van der Waals surface area contributed by atoms with Gasteiger partial charge in [0.25, 0.3) is 5.91 Å². The zero-order valence-electron chi connectivity index (χ0n) is 41.3. The Bertz CT molecular complexity index is 2010. The monoisotopic (exact) mass is 989 g/mol. The van der Waals surface area contributed by atoms with Crippen molar-refractivity contribution in [3.63, 3.8) is 0 Å². The van der Waals surface area contributed by atoms with Crippen LogP contribution in [0.3, 0.4) is 0 Å². The van der Waals surface area contributed by atoms with Gasteiger partial charge in [-0.2, -0.15) is 0 Å². The Morgan fingerprint density at radius 3 is 1.81 bits per heavy atom. The standard InChI is InChI=1S/C44H76N16O10/c1-8-23(5)33(40(68)55-28(35(45)63)17-26-19-50-21-53-26)59-41(69)34(24(6)9-2)60-32(62)18-30(42(60)70)57-37(65)27(13-11-15-52-44(48)49)54-38(66)29(16-22(3)4)56-39(67)31(20-61)58-36(64)25(7)12-10-14-51-43(46)47/h19,21-25,27-31,33-34,61H,8-18,20H2,1-7H3,(H2,45,63)(H,50,53)(H,54,66)(H,55,68)(H,56,67)(H,57,65)(H,58,64)(H,59,69)(H4,46,47,51)(H4,48,49,52)/t23-,24-,25-,27-,28-,29-,30-,31-,33-,34-/m0/s1. The van der Waals surface area contributed by atoms with Gasteiger partial charge < -0.3 is 70.7 Å². The third kappa shape index (κ3) is 18.9. The van der Waals surface area contributed by atoms with Crippen molar-refractivity contribution < 1.29 is 48.3 Å². The minimum atomic E-state index is -1.47. The number of nitrogens with one attached hydrogen (secondary N) is 7. The van der Waals surface area contributed by atoms with Gasteiger partial charge in [-0.3, -0.25) is 58.0 Å². The quantitative estimate of drug-likeness (QED) is 0.0148. The van der Waals surface area contributed by atoms with Crippen molar-refractivity contribution in [1.29, 1.82) is 0 Å². The molecule has 1 aromatic rings. The number of hydrogen-bond donors (Lipinski definition) is 13. The number of rotatable bonds is 31. The summed E-state index contributed by atoms with van der Waals surface area (Å²) in [6, 6.07) is -9.38. The first-order valence-electron chi connectivity index (χ1n) is 23.6. The summed E-state index contributed by atoms with van der Waals surface area (Å²) in [5.41, 5.74) is 27.8. The summed E-state index contributed by atoms with van der Waals surface area (Å²) in [5.74, 6) is -9.38. The van der Waals surface area contributed by atoms with Gasteiger partial charge >= 0.3 is 0 Å². The summed E-state index contributed by atoms with van der Waals surface area (Å²) in [7, 11) is 0. The lowest BCUT2D eigenvalue weighted by Gasteiger charge is -2.33. The Labute approximate surface area is 408 Å². The van der Waals surface area contributed by atoms with Crippen LogP contribution in [0, 0.1) is 23.7 Å². The first-order chi connectivity index (χ1) is 32.9. The van der Waals surface area contributed by atoms with Gasteiger partial charge in [0.15, 0.2) is 11.9 Å². The molecule has 26 heteroatoms. The number of aromatic amines is 1. The van der Waals surface area contributed by atoms with E-state index in [4.69, 9.17) is 28.7 Å². The number of carbonyl (C=O) groups excluding carboxylic acids is 9. The molecule has 0 unspecified atom stereocenters. The number of aliphatic imine (C=N–C) groups is 2. The van der Waals surface area contributed by atoms with E-state index in [-0.39, 0.29) is 56.6 Å². The second-order valence-corrected chi connectivity index (χ2v) is 18.1. The van der Waals surface area contributed by atoms with E-state index < -0.39 is 126 Å². The molecule has 0 spiro atoms. The van der Waals surface area contributed by atoms with Crippen molar-refractivity contribution in [3.05, 3.63) is 18.2 Å². The van der Waals surface area contributed by atoms with Gasteiger partial charge in [0.05, 0.1) is 19.4 Å². The second-order valence-electron chi connectivity index (χ2n) is 18.1. The van der Waals surface area contributed by atoms with Crippen LogP contribution in [0.5, 0.6) is 0 Å². The Balaban J connectivity index is 2.34. The molecular formula is C44H76N16O10. The van der Waals surface area contributed by atoms with Crippen LogP contribution in [0.15, 0.2) is 22.5 Å². The van der Waals surface area contributed by atoms with Crippen molar-refractivity contribution in [2.45, 2.75) is 149 Å². The molecule has 0 radical (unpaired) electrons. The number of aliphatic hydroxyl groups excluding tert-OH is 1. The smallest absolute Gasteiger partial charge is 0.253 e. The molecule has 10 atom stereocenters. The zero-order valence-corrected chi connectivity index (χ0v) is 41.3. The number of aromatic nitrogens is 2. The largest absolute Gasteiger partial charge is 0.394 e. The van der Waals surface area contributed by atoms with E-state index >= 15 is 0 Å². The maximum absolute atomic E-state index is 14.2. The van der Waals surface area contributed by atoms with Crippen LogP contribution in [0.1, 0.15) is 106 Å². The maximum Gasteiger partial charge on any atom is 0.253 e. The first kappa shape index (κ1) is 59.3. The average Bonchev–Trinajstić information content (AvgIpc) is 3.91. The van der Waals surface area contributed by atoms with Crippen molar-refractivity contribution >= 4 is 65.1 Å². The molecule has 70 heavy (non-hydrogen) atoms. The summed E-state index contributed by atoms with van der Waals surface area (Å²) in [6.07, 6.45) is 4.00. The number of likely N-dealkylation sites (tertiary alicyclic amines) is 1. The van der Waals surface area contributed by atoms with E-state index in [0.29, 0.717) is 31.4 Å². The molecule has 26 nitrogen and oxygen atoms in total. The lowest BCUT2D eigenvalue weighted by molar-refractivity contribution is -0.150. The summed E-state index contributed by atoms with van der Waals surface area (Å²) in [6.45, 7) is 11.6. The molecule has 18 N–H and O–H groups in total. The van der Waals surface area contributed by atoms with Crippen molar-refractivity contribution in [1.82, 2.24) is 46.8 Å². The molecule has 2 heterocycles. The summed E-state index contributed by atoms with van der Waals surface area (Å²) in [4.78, 5) is 138. The Morgan fingerprint density at radius 1 is 0.729 bits per heavy atom. The Hall–Kier alpha value is -6.86. The van der Waals surface area contributed by atoms with E-state index in [1.165, 1.54) is 12.5 Å². The van der Waals surface area contributed by atoms with Gasteiger partial charge in [-0.05, 0) is 49.9 Å².